The van der Waals surface area contributed by atoms with Gasteiger partial charge in [-0.1, -0.05) is 43.7 Å². The number of carbonyl (C=O) groups excluding carboxylic acids is 2. The van der Waals surface area contributed by atoms with Crippen LogP contribution in [0.5, 0.6) is 0 Å². The highest BCUT2D eigenvalue weighted by Crippen LogP contribution is 2.34. The summed E-state index contributed by atoms with van der Waals surface area (Å²) in [6, 6.07) is 15.4. The summed E-state index contributed by atoms with van der Waals surface area (Å²) in [6.07, 6.45) is 1.91. The fourth-order valence-electron chi connectivity index (χ4n) is 3.59. The van der Waals surface area contributed by atoms with E-state index in [4.69, 9.17) is 0 Å². The number of benzene rings is 2. The summed E-state index contributed by atoms with van der Waals surface area (Å²) < 4.78 is 13.7. The van der Waals surface area contributed by atoms with E-state index in [1.54, 1.807) is 23.1 Å². The molecule has 0 bridgehead atoms. The summed E-state index contributed by atoms with van der Waals surface area (Å²) in [6.45, 7) is 3.43. The van der Waals surface area contributed by atoms with E-state index in [0.29, 0.717) is 25.2 Å². The van der Waals surface area contributed by atoms with Gasteiger partial charge in [0, 0.05) is 31.1 Å². The Bertz CT molecular complexity index is 794. The number of hydrogen-bond donors (Lipinski definition) is 1. The fourth-order valence-corrected chi connectivity index (χ4v) is 3.59. The second kappa shape index (κ2) is 8.80. The van der Waals surface area contributed by atoms with E-state index in [1.165, 1.54) is 12.1 Å². The molecule has 1 heterocycles. The molecule has 0 aromatic heterocycles. The summed E-state index contributed by atoms with van der Waals surface area (Å²) in [5.41, 5.74) is 1.36. The minimum absolute atomic E-state index is 0.0685. The van der Waals surface area contributed by atoms with Crippen LogP contribution in [0.2, 0.25) is 0 Å². The molecule has 5 heteroatoms. The second-order valence-corrected chi connectivity index (χ2v) is 6.99. The Morgan fingerprint density at radius 3 is 2.59 bits per heavy atom. The van der Waals surface area contributed by atoms with Crippen molar-refractivity contribution < 1.29 is 14.0 Å². The van der Waals surface area contributed by atoms with Gasteiger partial charge in [0.15, 0.2) is 0 Å². The van der Waals surface area contributed by atoms with E-state index >= 15 is 0 Å². The van der Waals surface area contributed by atoms with Gasteiger partial charge in [-0.3, -0.25) is 9.59 Å². The number of nitrogens with zero attached hydrogens (tertiary/aromatic N) is 1. The lowest BCUT2D eigenvalue weighted by Gasteiger charge is -2.18. The Balaban J connectivity index is 1.82. The number of hydrogen-bond acceptors (Lipinski definition) is 2. The van der Waals surface area contributed by atoms with Crippen molar-refractivity contribution in [2.45, 2.75) is 25.7 Å². The lowest BCUT2D eigenvalue weighted by molar-refractivity contribution is -0.124. The number of likely N-dealkylation sites (tertiary alicyclic amines) is 1. The van der Waals surface area contributed by atoms with E-state index < -0.39 is 0 Å². The third kappa shape index (κ3) is 4.54. The van der Waals surface area contributed by atoms with Crippen LogP contribution in [0.1, 0.15) is 41.6 Å². The average molecular weight is 368 g/mol. The van der Waals surface area contributed by atoms with Crippen molar-refractivity contribution in [2.75, 3.05) is 19.6 Å². The van der Waals surface area contributed by atoms with Crippen LogP contribution in [-0.4, -0.2) is 36.3 Å². The topological polar surface area (TPSA) is 49.4 Å². The van der Waals surface area contributed by atoms with Gasteiger partial charge in [0.1, 0.15) is 5.82 Å². The van der Waals surface area contributed by atoms with Gasteiger partial charge in [0.05, 0.1) is 5.92 Å². The molecule has 27 heavy (non-hydrogen) atoms. The van der Waals surface area contributed by atoms with Gasteiger partial charge < -0.3 is 10.2 Å². The van der Waals surface area contributed by atoms with Crippen molar-refractivity contribution in [1.82, 2.24) is 10.2 Å². The van der Waals surface area contributed by atoms with Crippen LogP contribution < -0.4 is 5.32 Å². The Kier molecular flexibility index (Phi) is 6.22. The maximum Gasteiger partial charge on any atom is 0.253 e. The molecule has 3 rings (SSSR count). The molecule has 0 aliphatic carbocycles. The van der Waals surface area contributed by atoms with Crippen LogP contribution in [0.25, 0.3) is 0 Å². The molecule has 1 aliphatic heterocycles. The van der Waals surface area contributed by atoms with Crippen LogP contribution in [0, 0.1) is 11.7 Å². The van der Waals surface area contributed by atoms with Gasteiger partial charge in [-0.05, 0) is 36.2 Å². The summed E-state index contributed by atoms with van der Waals surface area (Å²) in [5.74, 6) is -1.08. The number of nitrogens with one attached hydrogen (secondary N) is 1. The molecule has 0 unspecified atom stereocenters. The zero-order chi connectivity index (χ0) is 19.2. The summed E-state index contributed by atoms with van der Waals surface area (Å²) in [5, 5.41) is 2.97. The lowest BCUT2D eigenvalue weighted by atomic mass is 9.88. The molecular weight excluding hydrogens is 343 g/mol. The Labute approximate surface area is 159 Å². The molecule has 2 aromatic carbocycles. The van der Waals surface area contributed by atoms with Crippen molar-refractivity contribution in [3.8, 4) is 0 Å². The van der Waals surface area contributed by atoms with Gasteiger partial charge in [0.25, 0.3) is 5.91 Å². The highest BCUT2D eigenvalue weighted by atomic mass is 19.1. The number of amides is 2. The molecule has 1 saturated heterocycles. The third-order valence-corrected chi connectivity index (χ3v) is 5.07. The lowest BCUT2D eigenvalue weighted by Crippen LogP contribution is -2.36. The smallest absolute Gasteiger partial charge is 0.253 e. The SMILES string of the molecule is CCCCNC(=O)[C@H]1CN(C(=O)c2ccccc2)C[C@@H]1c1cccc(F)c1. The van der Waals surface area contributed by atoms with E-state index in [-0.39, 0.29) is 29.5 Å². The van der Waals surface area contributed by atoms with Gasteiger partial charge in [0.2, 0.25) is 5.91 Å². The monoisotopic (exact) mass is 368 g/mol. The third-order valence-electron chi connectivity index (χ3n) is 5.07. The summed E-state index contributed by atoms with van der Waals surface area (Å²) in [4.78, 5) is 27.3. The fraction of sp³-hybridized carbons (Fsp3) is 0.364. The zero-order valence-corrected chi connectivity index (χ0v) is 15.5. The second-order valence-electron chi connectivity index (χ2n) is 6.99. The predicted molar refractivity (Wildman–Crippen MR) is 103 cm³/mol. The van der Waals surface area contributed by atoms with E-state index in [9.17, 15) is 14.0 Å². The first kappa shape index (κ1) is 19.1. The Morgan fingerprint density at radius 1 is 1.11 bits per heavy atom. The first-order chi connectivity index (χ1) is 13.1. The summed E-state index contributed by atoms with van der Waals surface area (Å²) in [7, 11) is 0. The first-order valence-corrected chi connectivity index (χ1v) is 9.47. The predicted octanol–water partition coefficient (Wildman–Crippen LogP) is 3.60. The molecule has 1 N–H and O–H groups in total. The van der Waals surface area contributed by atoms with Gasteiger partial charge in [-0.2, -0.15) is 0 Å². The van der Waals surface area contributed by atoms with Gasteiger partial charge in [-0.25, -0.2) is 4.39 Å². The number of unbranched alkanes of at least 4 members (excludes halogenated alkanes) is 1. The van der Waals surface area contributed by atoms with E-state index in [0.717, 1.165) is 18.4 Å². The minimum Gasteiger partial charge on any atom is -0.356 e. The average Bonchev–Trinajstić information content (AvgIpc) is 3.14. The Morgan fingerprint density at radius 2 is 1.89 bits per heavy atom. The molecule has 2 atom stereocenters. The molecule has 0 saturated carbocycles. The maximum atomic E-state index is 13.7. The molecule has 142 valence electrons. The van der Waals surface area contributed by atoms with Crippen molar-refractivity contribution in [1.29, 1.82) is 0 Å². The van der Waals surface area contributed by atoms with Crippen molar-refractivity contribution in [2.24, 2.45) is 5.92 Å². The standard InChI is InChI=1S/C22H25FN2O2/c1-2-3-12-24-21(26)20-15-25(22(27)16-8-5-4-6-9-16)14-19(20)17-10-7-11-18(23)13-17/h4-11,13,19-20H,2-3,12,14-15H2,1H3,(H,24,26)/t19-,20+/m1/s1. The number of halogens is 1. The van der Waals surface area contributed by atoms with Gasteiger partial charge >= 0.3 is 0 Å². The van der Waals surface area contributed by atoms with E-state index in [2.05, 4.69) is 12.2 Å². The van der Waals surface area contributed by atoms with E-state index in [1.807, 2.05) is 24.3 Å². The molecule has 2 aromatic rings. The highest BCUT2D eigenvalue weighted by molar-refractivity contribution is 5.95. The van der Waals surface area contributed by atoms with Crippen LogP contribution in [0.15, 0.2) is 54.6 Å². The van der Waals surface area contributed by atoms with Gasteiger partial charge in [-0.15, -0.1) is 0 Å². The maximum absolute atomic E-state index is 13.7. The molecule has 2 amide bonds. The first-order valence-electron chi connectivity index (χ1n) is 9.47. The normalized spacial score (nSPS) is 19.1. The largest absolute Gasteiger partial charge is 0.356 e. The van der Waals surface area contributed by atoms with Crippen LogP contribution in [-0.2, 0) is 4.79 Å². The molecule has 0 spiro atoms. The van der Waals surface area contributed by atoms with Crippen LogP contribution in [0.3, 0.4) is 0 Å². The molecule has 1 fully saturated rings. The zero-order valence-electron chi connectivity index (χ0n) is 15.5. The molecule has 4 nitrogen and oxygen atoms in total. The Hall–Kier alpha value is -2.69. The number of rotatable bonds is 6. The highest BCUT2D eigenvalue weighted by Gasteiger charge is 2.40. The van der Waals surface area contributed by atoms with Crippen LogP contribution in [0.4, 0.5) is 4.39 Å². The van der Waals surface area contributed by atoms with Crippen molar-refractivity contribution in [3.63, 3.8) is 0 Å². The van der Waals surface area contributed by atoms with Crippen LogP contribution >= 0.6 is 0 Å². The quantitative estimate of drug-likeness (QED) is 0.792. The van der Waals surface area contributed by atoms with Crippen molar-refractivity contribution >= 4 is 11.8 Å². The molecule has 0 radical (unpaired) electrons. The molecule has 1 aliphatic rings. The summed E-state index contributed by atoms with van der Waals surface area (Å²) >= 11 is 0. The number of carbonyl (C=O) groups is 2. The minimum atomic E-state index is -0.378. The molecular formula is C22H25FN2O2. The van der Waals surface area contributed by atoms with Crippen molar-refractivity contribution in [3.05, 3.63) is 71.5 Å².